The largest absolute Gasteiger partial charge is 0.313 e. The van der Waals surface area contributed by atoms with Crippen LogP contribution in [0.1, 0.15) is 18.9 Å². The maximum Gasteiger partial charge on any atom is 0.0548 e. The van der Waals surface area contributed by atoms with Gasteiger partial charge in [-0.25, -0.2) is 0 Å². The molecular weight excluding hydrogens is 306 g/mol. The van der Waals surface area contributed by atoms with Crippen LogP contribution in [0, 0.1) is 0 Å². The molecule has 0 heterocycles. The lowest BCUT2D eigenvalue weighted by atomic mass is 10.2. The minimum Gasteiger partial charge on any atom is -0.313 e. The molecule has 0 fully saturated rings. The maximum absolute atomic E-state index is 5.93. The van der Waals surface area contributed by atoms with Crippen molar-refractivity contribution in [1.29, 1.82) is 0 Å². The lowest BCUT2D eigenvalue weighted by molar-refractivity contribution is 0.648. The van der Waals surface area contributed by atoms with Gasteiger partial charge in [0.1, 0.15) is 0 Å². The van der Waals surface area contributed by atoms with E-state index in [1.807, 2.05) is 17.8 Å². The summed E-state index contributed by atoms with van der Waals surface area (Å²) in [7, 11) is 0. The topological polar surface area (TPSA) is 12.0 Å². The summed E-state index contributed by atoms with van der Waals surface area (Å²) in [6.45, 7) is 4.21. The fraction of sp³-hybridized carbons (Fsp3) is 0.500. The van der Waals surface area contributed by atoms with E-state index in [0.717, 1.165) is 27.8 Å². The monoisotopic (exact) mass is 321 g/mol. The number of nitrogens with one attached hydrogen (secondary N) is 1. The summed E-state index contributed by atoms with van der Waals surface area (Å²) < 4.78 is 0.964. The summed E-state index contributed by atoms with van der Waals surface area (Å²) in [5.41, 5.74) is 1.26. The van der Waals surface area contributed by atoms with E-state index < -0.39 is 0 Å². The van der Waals surface area contributed by atoms with Crippen molar-refractivity contribution in [2.24, 2.45) is 0 Å². The van der Waals surface area contributed by atoms with Crippen molar-refractivity contribution in [3.8, 4) is 0 Å². The first-order valence-corrected chi connectivity index (χ1v) is 7.77. The number of hydrogen-bond acceptors (Lipinski definition) is 2. The summed E-state index contributed by atoms with van der Waals surface area (Å²) in [5, 5.41) is 4.93. The van der Waals surface area contributed by atoms with Crippen molar-refractivity contribution in [1.82, 2.24) is 5.32 Å². The first-order chi connectivity index (χ1) is 7.63. The lowest BCUT2D eigenvalue weighted by Gasteiger charge is -2.09. The second-order valence-electron chi connectivity index (χ2n) is 3.76. The summed E-state index contributed by atoms with van der Waals surface area (Å²) >= 11 is 11.3. The minimum atomic E-state index is 0.726. The average Bonchev–Trinajstić information content (AvgIpc) is 2.28. The van der Waals surface area contributed by atoms with E-state index in [1.165, 1.54) is 12.0 Å². The van der Waals surface area contributed by atoms with Gasteiger partial charge < -0.3 is 5.32 Å². The van der Waals surface area contributed by atoms with Crippen LogP contribution in [-0.2, 0) is 6.54 Å². The quantitative estimate of drug-likeness (QED) is 0.782. The molecule has 0 aliphatic carbocycles. The Balaban J connectivity index is 2.29. The molecule has 0 aliphatic rings. The van der Waals surface area contributed by atoms with Gasteiger partial charge in [-0.2, -0.15) is 11.8 Å². The minimum absolute atomic E-state index is 0.726. The van der Waals surface area contributed by atoms with Gasteiger partial charge >= 0.3 is 0 Å². The molecule has 1 nitrogen and oxygen atoms in total. The highest BCUT2D eigenvalue weighted by atomic mass is 79.9. The Labute approximate surface area is 115 Å². The highest BCUT2D eigenvalue weighted by Crippen LogP contribution is 2.23. The third-order valence-electron chi connectivity index (χ3n) is 2.44. The van der Waals surface area contributed by atoms with Crippen LogP contribution in [0.2, 0.25) is 5.02 Å². The molecule has 1 atom stereocenters. The Hall–Kier alpha value is 0.300. The van der Waals surface area contributed by atoms with E-state index in [1.54, 1.807) is 0 Å². The van der Waals surface area contributed by atoms with Crippen molar-refractivity contribution in [2.45, 2.75) is 25.1 Å². The molecule has 1 N–H and O–H groups in total. The first-order valence-electron chi connectivity index (χ1n) is 5.31. The van der Waals surface area contributed by atoms with Crippen LogP contribution >= 0.6 is 39.3 Å². The smallest absolute Gasteiger partial charge is 0.0548 e. The van der Waals surface area contributed by atoms with Gasteiger partial charge in [-0.05, 0) is 52.8 Å². The van der Waals surface area contributed by atoms with Crippen LogP contribution < -0.4 is 5.32 Å². The molecule has 0 spiro atoms. The van der Waals surface area contributed by atoms with E-state index in [-0.39, 0.29) is 0 Å². The number of rotatable bonds is 6. The van der Waals surface area contributed by atoms with Gasteiger partial charge in [0, 0.05) is 16.3 Å². The second-order valence-corrected chi connectivity index (χ2v) is 6.30. The molecule has 0 saturated heterocycles. The van der Waals surface area contributed by atoms with Gasteiger partial charge in [0.2, 0.25) is 0 Å². The van der Waals surface area contributed by atoms with Crippen LogP contribution in [-0.4, -0.2) is 18.1 Å². The molecule has 1 rings (SSSR count). The predicted molar refractivity (Wildman–Crippen MR) is 78.5 cm³/mol. The molecule has 1 aromatic rings. The normalized spacial score (nSPS) is 12.8. The molecule has 16 heavy (non-hydrogen) atoms. The maximum atomic E-state index is 5.93. The molecule has 0 saturated carbocycles. The van der Waals surface area contributed by atoms with Gasteiger partial charge in [-0.3, -0.25) is 0 Å². The van der Waals surface area contributed by atoms with E-state index >= 15 is 0 Å². The number of hydrogen-bond donors (Lipinski definition) is 1. The molecule has 0 bridgehead atoms. The van der Waals surface area contributed by atoms with Crippen LogP contribution in [0.25, 0.3) is 0 Å². The Kier molecular flexibility index (Phi) is 6.81. The van der Waals surface area contributed by atoms with Gasteiger partial charge in [0.25, 0.3) is 0 Å². The molecular formula is C12H17BrClNS. The van der Waals surface area contributed by atoms with E-state index in [9.17, 15) is 0 Å². The fourth-order valence-corrected chi connectivity index (χ4v) is 2.20. The number of benzene rings is 1. The molecule has 0 aromatic heterocycles. The highest BCUT2D eigenvalue weighted by molar-refractivity contribution is 9.10. The van der Waals surface area contributed by atoms with Crippen LogP contribution in [0.3, 0.4) is 0 Å². The third-order valence-corrected chi connectivity index (χ3v) is 4.70. The summed E-state index contributed by atoms with van der Waals surface area (Å²) in [5.74, 6) is 0. The van der Waals surface area contributed by atoms with Crippen molar-refractivity contribution >= 4 is 39.3 Å². The zero-order valence-electron chi connectivity index (χ0n) is 9.59. The lowest BCUT2D eigenvalue weighted by Crippen LogP contribution is -2.17. The van der Waals surface area contributed by atoms with Crippen molar-refractivity contribution in [2.75, 3.05) is 12.8 Å². The number of thioether (sulfide) groups is 1. The Morgan fingerprint density at radius 2 is 2.25 bits per heavy atom. The second kappa shape index (κ2) is 7.59. The molecule has 90 valence electrons. The van der Waals surface area contributed by atoms with E-state index in [2.05, 4.69) is 46.6 Å². The summed E-state index contributed by atoms with van der Waals surface area (Å²) in [6, 6.07) is 6.04. The van der Waals surface area contributed by atoms with Gasteiger partial charge in [-0.15, -0.1) is 0 Å². The van der Waals surface area contributed by atoms with Crippen LogP contribution in [0.5, 0.6) is 0 Å². The highest BCUT2D eigenvalue weighted by Gasteiger charge is 2.00. The molecule has 0 amide bonds. The predicted octanol–water partition coefficient (Wildman–Crippen LogP) is 4.33. The Bertz CT molecular complexity index is 333. The van der Waals surface area contributed by atoms with Gasteiger partial charge in [-0.1, -0.05) is 24.6 Å². The molecule has 1 aromatic carbocycles. The Morgan fingerprint density at radius 3 is 2.88 bits per heavy atom. The van der Waals surface area contributed by atoms with Crippen LogP contribution in [0.4, 0.5) is 0 Å². The van der Waals surface area contributed by atoms with Crippen LogP contribution in [0.15, 0.2) is 22.7 Å². The number of halogens is 2. The Morgan fingerprint density at radius 1 is 1.50 bits per heavy atom. The van der Waals surface area contributed by atoms with E-state index in [4.69, 9.17) is 11.6 Å². The van der Waals surface area contributed by atoms with Crippen molar-refractivity contribution in [3.63, 3.8) is 0 Å². The van der Waals surface area contributed by atoms with Gasteiger partial charge in [0.05, 0.1) is 5.02 Å². The van der Waals surface area contributed by atoms with E-state index in [0.29, 0.717) is 0 Å². The standard InChI is InChI=1S/C12H17BrClNS/c1-9(16-2)5-6-15-8-10-3-4-12(14)11(13)7-10/h3-4,7,9,15H,5-6,8H2,1-2H3. The SMILES string of the molecule is CSC(C)CCNCc1ccc(Cl)c(Br)c1. The van der Waals surface area contributed by atoms with Crippen molar-refractivity contribution in [3.05, 3.63) is 33.3 Å². The molecule has 0 radical (unpaired) electrons. The summed E-state index contributed by atoms with van der Waals surface area (Å²) in [6.07, 6.45) is 3.36. The zero-order valence-corrected chi connectivity index (χ0v) is 12.8. The average molecular weight is 323 g/mol. The zero-order chi connectivity index (χ0) is 12.0. The first kappa shape index (κ1) is 14.4. The van der Waals surface area contributed by atoms with Gasteiger partial charge in [0.15, 0.2) is 0 Å². The summed E-state index contributed by atoms with van der Waals surface area (Å²) in [4.78, 5) is 0. The van der Waals surface area contributed by atoms with Crippen molar-refractivity contribution < 1.29 is 0 Å². The molecule has 4 heteroatoms. The molecule has 0 aliphatic heterocycles. The fourth-order valence-electron chi connectivity index (χ4n) is 1.31. The molecule has 1 unspecified atom stereocenters. The third kappa shape index (κ3) is 5.09.